The third kappa shape index (κ3) is 9.13. The Balaban J connectivity index is 0.00000512. The number of para-hydroxylation sites is 1. The topological polar surface area (TPSA) is 18.5 Å². The summed E-state index contributed by atoms with van der Waals surface area (Å²) in [6, 6.07) is 20.9. The van der Waals surface area contributed by atoms with E-state index in [9.17, 15) is 0 Å². The van der Waals surface area contributed by atoms with Crippen LogP contribution in [0.4, 0.5) is 0 Å². The van der Waals surface area contributed by atoms with Gasteiger partial charge in [-0.25, -0.2) is 0 Å². The standard InChI is InChI=1S/C28H44NO2.ClH/c1-24(2)21-28(5,22-25(3)4)29(6,23-26-13-9-7-10-14-26)17-18-30-19-20-31-27-15-11-8-12-16-27;/h7-16,24-25H,17-23H2,1-6H3;1H/q+1;/p-1. The molecule has 0 bridgehead atoms. The Bertz CT molecular complexity index is 726. The van der Waals surface area contributed by atoms with Crippen molar-refractivity contribution < 1.29 is 26.4 Å². The second-order valence-electron chi connectivity index (χ2n) is 10.2. The SMILES string of the molecule is CC(C)CC(C)(CC(C)C)[N+](C)(CCOCCOc1ccccc1)Cc1ccccc1.[Cl-]. The van der Waals surface area contributed by atoms with Crippen molar-refractivity contribution in [3.05, 3.63) is 66.2 Å². The number of halogens is 1. The van der Waals surface area contributed by atoms with E-state index in [0.29, 0.717) is 25.0 Å². The molecule has 2 rings (SSSR count). The molecule has 0 radical (unpaired) electrons. The van der Waals surface area contributed by atoms with Crippen LogP contribution in [0.15, 0.2) is 60.7 Å². The van der Waals surface area contributed by atoms with E-state index in [1.54, 1.807) is 0 Å². The van der Waals surface area contributed by atoms with Crippen LogP contribution in [0.25, 0.3) is 0 Å². The third-order valence-corrected chi connectivity index (χ3v) is 6.34. The van der Waals surface area contributed by atoms with Crippen LogP contribution in [0.2, 0.25) is 0 Å². The Morgan fingerprint density at radius 3 is 1.84 bits per heavy atom. The zero-order valence-corrected chi connectivity index (χ0v) is 21.8. The number of hydrogen-bond acceptors (Lipinski definition) is 2. The molecule has 0 aromatic heterocycles. The Kier molecular flexibility index (Phi) is 12.3. The summed E-state index contributed by atoms with van der Waals surface area (Å²) in [6.07, 6.45) is 2.43. The second-order valence-corrected chi connectivity index (χ2v) is 10.2. The number of benzene rings is 2. The van der Waals surface area contributed by atoms with Gasteiger partial charge in [-0.3, -0.25) is 0 Å². The lowest BCUT2D eigenvalue weighted by Gasteiger charge is -2.51. The summed E-state index contributed by atoms with van der Waals surface area (Å²) in [5.41, 5.74) is 1.60. The Morgan fingerprint density at radius 2 is 1.31 bits per heavy atom. The molecule has 0 amide bonds. The fourth-order valence-corrected chi connectivity index (χ4v) is 4.91. The first-order valence-corrected chi connectivity index (χ1v) is 11.9. The van der Waals surface area contributed by atoms with Gasteiger partial charge in [0.1, 0.15) is 25.4 Å². The van der Waals surface area contributed by atoms with Gasteiger partial charge in [-0.15, -0.1) is 0 Å². The first-order valence-electron chi connectivity index (χ1n) is 11.9. The van der Waals surface area contributed by atoms with Crippen molar-refractivity contribution in [2.75, 3.05) is 33.4 Å². The number of likely N-dealkylation sites (N-methyl/N-ethyl adjacent to an activating group) is 1. The minimum atomic E-state index is 0. The Labute approximate surface area is 203 Å². The average Bonchev–Trinajstić information content (AvgIpc) is 2.71. The summed E-state index contributed by atoms with van der Waals surface area (Å²) in [6.45, 7) is 15.9. The molecule has 0 saturated carbocycles. The van der Waals surface area contributed by atoms with Crippen molar-refractivity contribution in [2.45, 2.75) is 59.5 Å². The van der Waals surface area contributed by atoms with E-state index in [-0.39, 0.29) is 17.9 Å². The number of nitrogens with zero attached hydrogens (tertiary/aromatic N) is 1. The maximum absolute atomic E-state index is 6.05. The van der Waals surface area contributed by atoms with Crippen LogP contribution in [-0.4, -0.2) is 43.4 Å². The summed E-state index contributed by atoms with van der Waals surface area (Å²) in [5, 5.41) is 0. The molecule has 0 aliphatic heterocycles. The van der Waals surface area contributed by atoms with Crippen molar-refractivity contribution in [2.24, 2.45) is 11.8 Å². The van der Waals surface area contributed by atoms with Crippen LogP contribution in [0.1, 0.15) is 53.0 Å². The van der Waals surface area contributed by atoms with Crippen molar-refractivity contribution in [1.29, 1.82) is 0 Å². The van der Waals surface area contributed by atoms with E-state index in [1.165, 1.54) is 18.4 Å². The number of rotatable bonds is 14. The quantitative estimate of drug-likeness (QED) is 0.316. The summed E-state index contributed by atoms with van der Waals surface area (Å²) in [5.74, 6) is 2.23. The molecule has 1 atom stereocenters. The van der Waals surface area contributed by atoms with Gasteiger partial charge in [-0.1, -0.05) is 76.2 Å². The van der Waals surface area contributed by atoms with E-state index < -0.39 is 0 Å². The van der Waals surface area contributed by atoms with E-state index in [1.807, 2.05) is 30.3 Å². The highest BCUT2D eigenvalue weighted by atomic mass is 35.5. The normalized spacial score (nSPS) is 13.6. The molecule has 2 aromatic carbocycles. The number of ether oxygens (including phenoxy) is 2. The molecule has 3 nitrogen and oxygen atoms in total. The summed E-state index contributed by atoms with van der Waals surface area (Å²) >= 11 is 0. The van der Waals surface area contributed by atoms with Gasteiger partial charge in [0.25, 0.3) is 0 Å². The van der Waals surface area contributed by atoms with E-state index in [2.05, 4.69) is 72.0 Å². The third-order valence-electron chi connectivity index (χ3n) is 6.34. The van der Waals surface area contributed by atoms with Gasteiger partial charge in [-0.05, 0) is 30.9 Å². The lowest BCUT2D eigenvalue weighted by Crippen LogP contribution is -3.00. The van der Waals surface area contributed by atoms with E-state index >= 15 is 0 Å². The van der Waals surface area contributed by atoms with Gasteiger partial charge in [0, 0.05) is 18.4 Å². The first kappa shape index (κ1) is 28.5. The predicted octanol–water partition coefficient (Wildman–Crippen LogP) is 3.58. The monoisotopic (exact) mass is 461 g/mol. The molecule has 0 heterocycles. The van der Waals surface area contributed by atoms with Crippen molar-refractivity contribution in [1.82, 2.24) is 0 Å². The maximum atomic E-state index is 6.05. The zero-order chi connectivity index (χ0) is 22.7. The lowest BCUT2D eigenvalue weighted by molar-refractivity contribution is -0.971. The minimum absolute atomic E-state index is 0. The first-order chi connectivity index (χ1) is 14.7. The highest BCUT2D eigenvalue weighted by Gasteiger charge is 2.44. The molecule has 0 N–H and O–H groups in total. The Morgan fingerprint density at radius 1 is 0.781 bits per heavy atom. The van der Waals surface area contributed by atoms with Crippen molar-refractivity contribution >= 4 is 0 Å². The minimum Gasteiger partial charge on any atom is -1.00 e. The fourth-order valence-electron chi connectivity index (χ4n) is 4.91. The molecule has 2 aromatic rings. The molecule has 32 heavy (non-hydrogen) atoms. The van der Waals surface area contributed by atoms with Crippen molar-refractivity contribution in [3.63, 3.8) is 0 Å². The van der Waals surface area contributed by atoms with Crippen LogP contribution < -0.4 is 17.1 Å². The molecular weight excluding hydrogens is 418 g/mol. The molecule has 180 valence electrons. The average molecular weight is 462 g/mol. The highest BCUT2D eigenvalue weighted by molar-refractivity contribution is 5.20. The Hall–Kier alpha value is -1.55. The zero-order valence-electron chi connectivity index (χ0n) is 21.0. The van der Waals surface area contributed by atoms with E-state index in [0.717, 1.165) is 29.9 Å². The molecule has 4 heteroatoms. The maximum Gasteiger partial charge on any atom is 0.119 e. The van der Waals surface area contributed by atoms with Gasteiger partial charge >= 0.3 is 0 Å². The van der Waals surface area contributed by atoms with Gasteiger partial charge in [0.2, 0.25) is 0 Å². The van der Waals surface area contributed by atoms with Crippen LogP contribution in [0.3, 0.4) is 0 Å². The summed E-state index contributed by atoms with van der Waals surface area (Å²) in [4.78, 5) is 0. The molecular formula is C28H44ClNO2. The van der Waals surface area contributed by atoms with Gasteiger partial charge < -0.3 is 26.4 Å². The fraction of sp³-hybridized carbons (Fsp3) is 0.571. The van der Waals surface area contributed by atoms with Gasteiger partial charge in [0.15, 0.2) is 0 Å². The number of hydrogen-bond donors (Lipinski definition) is 0. The largest absolute Gasteiger partial charge is 1.00 e. The second kappa shape index (κ2) is 13.9. The van der Waals surface area contributed by atoms with Crippen LogP contribution >= 0.6 is 0 Å². The van der Waals surface area contributed by atoms with Crippen LogP contribution in [0.5, 0.6) is 5.75 Å². The smallest absolute Gasteiger partial charge is 0.119 e. The van der Waals surface area contributed by atoms with Gasteiger partial charge in [0.05, 0.1) is 25.8 Å². The molecule has 0 aliphatic carbocycles. The van der Waals surface area contributed by atoms with Crippen LogP contribution in [0, 0.1) is 11.8 Å². The molecule has 0 saturated heterocycles. The summed E-state index contributed by atoms with van der Waals surface area (Å²) in [7, 11) is 2.43. The van der Waals surface area contributed by atoms with Crippen molar-refractivity contribution in [3.8, 4) is 5.75 Å². The molecule has 0 aliphatic rings. The van der Waals surface area contributed by atoms with Crippen LogP contribution in [-0.2, 0) is 11.3 Å². The molecule has 1 unspecified atom stereocenters. The predicted molar refractivity (Wildman–Crippen MR) is 131 cm³/mol. The van der Waals surface area contributed by atoms with E-state index in [4.69, 9.17) is 9.47 Å². The lowest BCUT2D eigenvalue weighted by atomic mass is 9.79. The van der Waals surface area contributed by atoms with Gasteiger partial charge in [-0.2, -0.15) is 0 Å². The molecule has 0 spiro atoms. The summed E-state index contributed by atoms with van der Waals surface area (Å²) < 4.78 is 12.8. The highest BCUT2D eigenvalue weighted by Crippen LogP contribution is 2.37. The number of quaternary nitrogens is 1. The molecule has 0 fully saturated rings.